The van der Waals surface area contributed by atoms with Crippen LogP contribution in [0.4, 0.5) is 0 Å². The summed E-state index contributed by atoms with van der Waals surface area (Å²) in [6, 6.07) is 0.785. The van der Waals surface area contributed by atoms with Crippen LogP contribution in [0.5, 0.6) is 0 Å². The average Bonchev–Trinajstić information content (AvgIpc) is 2.65. The molecule has 2 nitrogen and oxygen atoms in total. The number of piperidine rings is 1. The first kappa shape index (κ1) is 13.9. The molecule has 5 unspecified atom stereocenters. The number of rotatable bonds is 2. The van der Waals surface area contributed by atoms with Crippen LogP contribution in [0.1, 0.15) is 59.3 Å². The number of hydrogen-bond donors (Lipinski definition) is 0. The Morgan fingerprint density at radius 2 is 1.74 bits per heavy atom. The van der Waals surface area contributed by atoms with Crippen molar-refractivity contribution in [2.45, 2.75) is 71.5 Å². The smallest absolute Gasteiger partial charge is 0.0626 e. The number of fused-ring (bicyclic) bond motifs is 1. The van der Waals surface area contributed by atoms with Crippen molar-refractivity contribution >= 4 is 0 Å². The van der Waals surface area contributed by atoms with E-state index in [0.29, 0.717) is 0 Å². The Labute approximate surface area is 119 Å². The van der Waals surface area contributed by atoms with Gasteiger partial charge in [0.2, 0.25) is 0 Å². The summed E-state index contributed by atoms with van der Waals surface area (Å²) in [6.07, 6.45) is 9.53. The van der Waals surface area contributed by atoms with Crippen molar-refractivity contribution < 1.29 is 0 Å². The van der Waals surface area contributed by atoms with E-state index < -0.39 is 0 Å². The summed E-state index contributed by atoms with van der Waals surface area (Å²) in [5.41, 5.74) is 0. The van der Waals surface area contributed by atoms with E-state index in [-0.39, 0.29) is 0 Å². The molecule has 0 aromatic heterocycles. The van der Waals surface area contributed by atoms with Gasteiger partial charge in [-0.2, -0.15) is 0 Å². The fraction of sp³-hybridized carbons (Fsp3) is 1.00. The number of hydrogen-bond acceptors (Lipinski definition) is 2. The molecule has 5 atom stereocenters. The molecule has 0 spiro atoms. The maximum absolute atomic E-state index is 2.86. The highest BCUT2D eigenvalue weighted by Crippen LogP contribution is 2.35. The number of nitrogens with zero attached hydrogens (tertiary/aromatic N) is 2. The molecule has 1 saturated carbocycles. The predicted octanol–water partition coefficient (Wildman–Crippen LogP) is 3.57. The van der Waals surface area contributed by atoms with E-state index in [0.717, 1.165) is 30.0 Å². The van der Waals surface area contributed by atoms with Crippen molar-refractivity contribution in [1.82, 2.24) is 9.80 Å². The van der Waals surface area contributed by atoms with Crippen molar-refractivity contribution in [3.05, 3.63) is 0 Å². The third-order valence-electron chi connectivity index (χ3n) is 5.85. The minimum atomic E-state index is 0.781. The van der Waals surface area contributed by atoms with Crippen LogP contribution in [0, 0.1) is 17.8 Å². The molecular weight excluding hydrogens is 232 g/mol. The van der Waals surface area contributed by atoms with Crippen molar-refractivity contribution in [1.29, 1.82) is 0 Å². The zero-order valence-electron chi connectivity index (χ0n) is 13.1. The van der Waals surface area contributed by atoms with Gasteiger partial charge in [-0.3, -0.25) is 9.80 Å². The second-order valence-corrected chi connectivity index (χ2v) is 7.80. The molecule has 3 fully saturated rings. The molecule has 2 heteroatoms. The largest absolute Gasteiger partial charge is 0.286 e. The fourth-order valence-electron chi connectivity index (χ4n) is 4.86. The van der Waals surface area contributed by atoms with E-state index in [1.807, 2.05) is 0 Å². The van der Waals surface area contributed by atoms with Gasteiger partial charge in [0.05, 0.1) is 6.17 Å². The third kappa shape index (κ3) is 3.00. The molecule has 0 aromatic rings. The average molecular weight is 264 g/mol. The summed E-state index contributed by atoms with van der Waals surface area (Å²) < 4.78 is 0. The standard InChI is InChI=1S/C17H32N2/c1-13-5-4-6-16(9-13)12-19-15(3)11-18-10-14(2)7-8-17(18)19/h13-17H,4-12H2,1-3H3. The van der Waals surface area contributed by atoms with Gasteiger partial charge in [-0.15, -0.1) is 0 Å². The van der Waals surface area contributed by atoms with Crippen LogP contribution in [-0.2, 0) is 0 Å². The predicted molar refractivity (Wildman–Crippen MR) is 81.0 cm³/mol. The first-order valence-electron chi connectivity index (χ1n) is 8.63. The van der Waals surface area contributed by atoms with Gasteiger partial charge in [0.25, 0.3) is 0 Å². The van der Waals surface area contributed by atoms with Gasteiger partial charge < -0.3 is 0 Å². The summed E-state index contributed by atoms with van der Waals surface area (Å²) in [5.74, 6) is 2.86. The molecule has 3 aliphatic rings. The van der Waals surface area contributed by atoms with Gasteiger partial charge in [0.15, 0.2) is 0 Å². The highest BCUT2D eigenvalue weighted by atomic mass is 15.4. The van der Waals surface area contributed by atoms with Crippen molar-refractivity contribution in [3.8, 4) is 0 Å². The minimum Gasteiger partial charge on any atom is -0.286 e. The van der Waals surface area contributed by atoms with E-state index in [1.165, 1.54) is 58.2 Å². The van der Waals surface area contributed by atoms with Crippen LogP contribution < -0.4 is 0 Å². The van der Waals surface area contributed by atoms with Crippen LogP contribution in [0.25, 0.3) is 0 Å². The molecule has 110 valence electrons. The highest BCUT2D eigenvalue weighted by Gasteiger charge is 2.40. The quantitative estimate of drug-likeness (QED) is 0.752. The lowest BCUT2D eigenvalue weighted by Gasteiger charge is -2.39. The zero-order chi connectivity index (χ0) is 13.4. The maximum Gasteiger partial charge on any atom is 0.0626 e. The van der Waals surface area contributed by atoms with Crippen LogP contribution in [0.15, 0.2) is 0 Å². The molecule has 0 aromatic carbocycles. The first-order chi connectivity index (χ1) is 9.13. The molecule has 19 heavy (non-hydrogen) atoms. The van der Waals surface area contributed by atoms with Crippen LogP contribution >= 0.6 is 0 Å². The summed E-state index contributed by atoms with van der Waals surface area (Å²) in [6.45, 7) is 11.4. The Kier molecular flexibility index (Phi) is 4.19. The van der Waals surface area contributed by atoms with Crippen LogP contribution in [0.3, 0.4) is 0 Å². The molecule has 0 radical (unpaired) electrons. The van der Waals surface area contributed by atoms with Gasteiger partial charge in [0, 0.05) is 25.7 Å². The molecule has 2 saturated heterocycles. The second-order valence-electron chi connectivity index (χ2n) is 7.80. The van der Waals surface area contributed by atoms with Crippen molar-refractivity contribution in [2.75, 3.05) is 19.6 Å². The summed E-state index contributed by atoms with van der Waals surface area (Å²) >= 11 is 0. The van der Waals surface area contributed by atoms with E-state index in [2.05, 4.69) is 30.6 Å². The Morgan fingerprint density at radius 3 is 2.53 bits per heavy atom. The SMILES string of the molecule is CC1CCCC(CN2C(C)CN3CC(C)CCC32)C1. The molecule has 0 bridgehead atoms. The summed E-state index contributed by atoms with van der Waals surface area (Å²) in [7, 11) is 0. The van der Waals surface area contributed by atoms with Crippen molar-refractivity contribution in [3.63, 3.8) is 0 Å². The molecule has 0 N–H and O–H groups in total. The van der Waals surface area contributed by atoms with Gasteiger partial charge in [0.1, 0.15) is 0 Å². The Morgan fingerprint density at radius 1 is 0.895 bits per heavy atom. The van der Waals surface area contributed by atoms with E-state index in [4.69, 9.17) is 0 Å². The lowest BCUT2D eigenvalue weighted by Crippen LogP contribution is -2.46. The summed E-state index contributed by atoms with van der Waals surface area (Å²) in [5, 5.41) is 0. The lowest BCUT2D eigenvalue weighted by atomic mass is 9.82. The monoisotopic (exact) mass is 264 g/mol. The van der Waals surface area contributed by atoms with Gasteiger partial charge in [-0.25, -0.2) is 0 Å². The highest BCUT2D eigenvalue weighted by molar-refractivity contribution is 4.92. The van der Waals surface area contributed by atoms with E-state index >= 15 is 0 Å². The van der Waals surface area contributed by atoms with Gasteiger partial charge in [-0.05, 0) is 50.4 Å². The minimum absolute atomic E-state index is 0.781. The van der Waals surface area contributed by atoms with E-state index in [9.17, 15) is 0 Å². The van der Waals surface area contributed by atoms with Gasteiger partial charge in [-0.1, -0.05) is 26.7 Å². The Balaban J connectivity index is 1.60. The molecule has 0 amide bonds. The van der Waals surface area contributed by atoms with Crippen LogP contribution in [-0.4, -0.2) is 41.6 Å². The van der Waals surface area contributed by atoms with Gasteiger partial charge >= 0.3 is 0 Å². The normalized spacial score (nSPS) is 45.3. The van der Waals surface area contributed by atoms with Crippen molar-refractivity contribution in [2.24, 2.45) is 17.8 Å². The topological polar surface area (TPSA) is 6.48 Å². The zero-order valence-corrected chi connectivity index (χ0v) is 13.1. The maximum atomic E-state index is 2.86. The second kappa shape index (κ2) is 5.73. The molecule has 2 aliphatic heterocycles. The molecule has 2 heterocycles. The Bertz CT molecular complexity index is 304. The third-order valence-corrected chi connectivity index (χ3v) is 5.85. The first-order valence-corrected chi connectivity index (χ1v) is 8.63. The molecular formula is C17H32N2. The lowest BCUT2D eigenvalue weighted by molar-refractivity contribution is 0.0500. The van der Waals surface area contributed by atoms with Crippen LogP contribution in [0.2, 0.25) is 0 Å². The molecule has 1 aliphatic carbocycles. The fourth-order valence-corrected chi connectivity index (χ4v) is 4.86. The molecule has 3 rings (SSSR count). The van der Waals surface area contributed by atoms with E-state index in [1.54, 1.807) is 0 Å². The Hall–Kier alpha value is -0.0800. The summed E-state index contributed by atoms with van der Waals surface area (Å²) in [4.78, 5) is 5.62.